The number of fused-ring (bicyclic) bond motifs is 1. The summed E-state index contributed by atoms with van der Waals surface area (Å²) < 4.78 is 24.2. The first-order valence-corrected chi connectivity index (χ1v) is 5.87. The van der Waals surface area contributed by atoms with Crippen LogP contribution < -0.4 is 0 Å². The quantitative estimate of drug-likeness (QED) is 0.910. The lowest BCUT2D eigenvalue weighted by Crippen LogP contribution is -2.22. The van der Waals surface area contributed by atoms with Gasteiger partial charge < -0.3 is 14.3 Å². The summed E-state index contributed by atoms with van der Waals surface area (Å²) in [5.74, 6) is -0.109. The van der Waals surface area contributed by atoms with Crippen molar-refractivity contribution < 1.29 is 18.7 Å². The normalized spacial score (nSPS) is 14.1. The van der Waals surface area contributed by atoms with Crippen LogP contribution in [0.2, 0.25) is 0 Å². The highest BCUT2D eigenvalue weighted by Gasteiger charge is 2.18. The summed E-state index contributed by atoms with van der Waals surface area (Å²) in [6.07, 6.45) is -0.893. The van der Waals surface area contributed by atoms with Crippen LogP contribution in [0.4, 0.5) is 4.39 Å². The molecule has 0 aliphatic heterocycles. The molecule has 0 amide bonds. The van der Waals surface area contributed by atoms with Gasteiger partial charge >= 0.3 is 0 Å². The first-order chi connectivity index (χ1) is 8.37. The lowest BCUT2D eigenvalue weighted by atomic mass is 10.2. The Labute approximate surface area is 105 Å². The SMILES string of the molecule is CC(C)(C)OCC(O)c1cc2cccc(F)c2o1. The zero-order valence-electron chi connectivity index (χ0n) is 10.7. The lowest BCUT2D eigenvalue weighted by molar-refractivity contribution is -0.0543. The lowest BCUT2D eigenvalue weighted by Gasteiger charge is -2.21. The van der Waals surface area contributed by atoms with Gasteiger partial charge in [-0.2, -0.15) is 0 Å². The van der Waals surface area contributed by atoms with Crippen LogP contribution in [0.1, 0.15) is 32.6 Å². The van der Waals surface area contributed by atoms with E-state index in [4.69, 9.17) is 9.15 Å². The third-order valence-electron chi connectivity index (χ3n) is 2.52. The maximum absolute atomic E-state index is 13.4. The molecule has 0 fully saturated rings. The van der Waals surface area contributed by atoms with Crippen molar-refractivity contribution in [3.63, 3.8) is 0 Å². The smallest absolute Gasteiger partial charge is 0.170 e. The van der Waals surface area contributed by atoms with Crippen LogP contribution in [-0.4, -0.2) is 17.3 Å². The van der Waals surface area contributed by atoms with Crippen LogP contribution in [0, 0.1) is 5.82 Å². The number of rotatable bonds is 3. The Kier molecular flexibility index (Phi) is 3.41. The number of ether oxygens (including phenoxy) is 1. The van der Waals surface area contributed by atoms with Crippen molar-refractivity contribution in [3.8, 4) is 0 Å². The molecule has 2 aromatic rings. The van der Waals surface area contributed by atoms with Crippen molar-refractivity contribution in [1.29, 1.82) is 0 Å². The molecule has 1 N–H and O–H groups in total. The van der Waals surface area contributed by atoms with E-state index in [0.717, 1.165) is 0 Å². The van der Waals surface area contributed by atoms with E-state index in [0.29, 0.717) is 11.1 Å². The minimum atomic E-state index is -0.893. The molecular formula is C14H17FO3. The Balaban J connectivity index is 2.18. The molecule has 4 heteroatoms. The number of halogens is 1. The minimum Gasteiger partial charge on any atom is -0.455 e. The van der Waals surface area contributed by atoms with Crippen LogP contribution in [0.5, 0.6) is 0 Å². The Morgan fingerprint density at radius 1 is 1.39 bits per heavy atom. The van der Waals surface area contributed by atoms with Crippen molar-refractivity contribution >= 4 is 11.0 Å². The van der Waals surface area contributed by atoms with Gasteiger partial charge in [0, 0.05) is 5.39 Å². The van der Waals surface area contributed by atoms with Crippen LogP contribution in [0.15, 0.2) is 28.7 Å². The second-order valence-corrected chi connectivity index (χ2v) is 5.25. The van der Waals surface area contributed by atoms with Gasteiger partial charge in [0.25, 0.3) is 0 Å². The molecule has 1 unspecified atom stereocenters. The maximum Gasteiger partial charge on any atom is 0.170 e. The zero-order valence-corrected chi connectivity index (χ0v) is 10.7. The molecule has 0 aliphatic carbocycles. The third kappa shape index (κ3) is 2.89. The van der Waals surface area contributed by atoms with Crippen molar-refractivity contribution in [2.45, 2.75) is 32.5 Å². The Morgan fingerprint density at radius 2 is 2.11 bits per heavy atom. The summed E-state index contributed by atoms with van der Waals surface area (Å²) >= 11 is 0. The molecule has 0 bridgehead atoms. The van der Waals surface area contributed by atoms with Crippen molar-refractivity contribution in [3.05, 3.63) is 35.8 Å². The summed E-state index contributed by atoms with van der Waals surface area (Å²) in [4.78, 5) is 0. The molecule has 0 saturated heterocycles. The molecule has 18 heavy (non-hydrogen) atoms. The van der Waals surface area contributed by atoms with Crippen molar-refractivity contribution in [2.75, 3.05) is 6.61 Å². The third-order valence-corrected chi connectivity index (χ3v) is 2.52. The van der Waals surface area contributed by atoms with Gasteiger partial charge in [-0.25, -0.2) is 4.39 Å². The van der Waals surface area contributed by atoms with E-state index in [-0.39, 0.29) is 17.8 Å². The topological polar surface area (TPSA) is 42.6 Å². The van der Waals surface area contributed by atoms with Crippen molar-refractivity contribution in [1.82, 2.24) is 0 Å². The molecule has 0 radical (unpaired) electrons. The van der Waals surface area contributed by atoms with Crippen LogP contribution >= 0.6 is 0 Å². The number of benzene rings is 1. The molecule has 1 heterocycles. The average Bonchev–Trinajstić information content (AvgIpc) is 2.70. The summed E-state index contributed by atoms with van der Waals surface area (Å²) in [5, 5.41) is 10.6. The van der Waals surface area contributed by atoms with Gasteiger partial charge in [0.2, 0.25) is 0 Å². The van der Waals surface area contributed by atoms with Gasteiger partial charge in [-0.1, -0.05) is 12.1 Å². The standard InChI is InChI=1S/C14H17FO3/c1-14(2,3)17-8-11(16)12-7-9-5-4-6-10(15)13(9)18-12/h4-7,11,16H,8H2,1-3H3. The summed E-state index contributed by atoms with van der Waals surface area (Å²) in [7, 11) is 0. The van der Waals surface area contributed by atoms with E-state index in [1.54, 1.807) is 18.2 Å². The highest BCUT2D eigenvalue weighted by molar-refractivity contribution is 5.78. The summed E-state index contributed by atoms with van der Waals surface area (Å²) in [6, 6.07) is 6.31. The first kappa shape index (κ1) is 13.1. The summed E-state index contributed by atoms with van der Waals surface area (Å²) in [5.41, 5.74) is -0.166. The van der Waals surface area contributed by atoms with E-state index in [1.165, 1.54) is 6.07 Å². The van der Waals surface area contributed by atoms with Crippen molar-refractivity contribution in [2.24, 2.45) is 0 Å². The Morgan fingerprint density at radius 3 is 2.72 bits per heavy atom. The van der Waals surface area contributed by atoms with Gasteiger partial charge in [0.15, 0.2) is 11.4 Å². The highest BCUT2D eigenvalue weighted by atomic mass is 19.1. The maximum atomic E-state index is 13.4. The number of hydrogen-bond acceptors (Lipinski definition) is 3. The second kappa shape index (κ2) is 4.71. The monoisotopic (exact) mass is 252 g/mol. The molecule has 0 saturated carbocycles. The molecule has 0 aliphatic rings. The summed E-state index contributed by atoms with van der Waals surface area (Å²) in [6.45, 7) is 5.82. The minimum absolute atomic E-state index is 0.116. The van der Waals surface area contributed by atoms with Gasteiger partial charge in [-0.15, -0.1) is 0 Å². The predicted molar refractivity (Wildman–Crippen MR) is 66.8 cm³/mol. The van der Waals surface area contributed by atoms with E-state index in [1.807, 2.05) is 20.8 Å². The average molecular weight is 252 g/mol. The van der Waals surface area contributed by atoms with E-state index in [2.05, 4.69) is 0 Å². The van der Waals surface area contributed by atoms with E-state index >= 15 is 0 Å². The first-order valence-electron chi connectivity index (χ1n) is 5.87. The molecule has 0 spiro atoms. The number of aliphatic hydroxyl groups is 1. The van der Waals surface area contributed by atoms with Gasteiger partial charge in [-0.3, -0.25) is 0 Å². The van der Waals surface area contributed by atoms with E-state index < -0.39 is 11.9 Å². The molecule has 1 atom stereocenters. The number of hydrogen-bond donors (Lipinski definition) is 1. The predicted octanol–water partition coefficient (Wildman–Crippen LogP) is 3.42. The molecule has 3 nitrogen and oxygen atoms in total. The molecule has 1 aromatic heterocycles. The van der Waals surface area contributed by atoms with Crippen LogP contribution in [0.3, 0.4) is 0 Å². The van der Waals surface area contributed by atoms with Crippen LogP contribution in [0.25, 0.3) is 11.0 Å². The fourth-order valence-corrected chi connectivity index (χ4v) is 1.62. The Hall–Kier alpha value is -1.39. The molecule has 98 valence electrons. The highest BCUT2D eigenvalue weighted by Crippen LogP contribution is 2.26. The number of aliphatic hydroxyl groups excluding tert-OH is 1. The largest absolute Gasteiger partial charge is 0.455 e. The zero-order chi connectivity index (χ0) is 13.3. The van der Waals surface area contributed by atoms with Gasteiger partial charge in [-0.05, 0) is 32.9 Å². The molecule has 1 aromatic carbocycles. The molecule has 2 rings (SSSR count). The fraction of sp³-hybridized carbons (Fsp3) is 0.429. The number of para-hydroxylation sites is 1. The number of furan rings is 1. The fourth-order valence-electron chi connectivity index (χ4n) is 1.62. The van der Waals surface area contributed by atoms with Gasteiger partial charge in [0.1, 0.15) is 11.9 Å². The van der Waals surface area contributed by atoms with Gasteiger partial charge in [0.05, 0.1) is 12.2 Å². The molecular weight excluding hydrogens is 235 g/mol. The van der Waals surface area contributed by atoms with E-state index in [9.17, 15) is 9.50 Å². The van der Waals surface area contributed by atoms with Crippen LogP contribution in [-0.2, 0) is 4.74 Å². The second-order valence-electron chi connectivity index (χ2n) is 5.25. The Bertz CT molecular complexity index is 539.